The lowest BCUT2D eigenvalue weighted by Gasteiger charge is -2.20. The van der Waals surface area contributed by atoms with Crippen LogP contribution in [-0.2, 0) is 16.9 Å². The molecule has 0 saturated carbocycles. The number of nitrogens with zero attached hydrogens (tertiary/aromatic N) is 2. The van der Waals surface area contributed by atoms with Crippen molar-refractivity contribution in [3.63, 3.8) is 0 Å². The highest BCUT2D eigenvalue weighted by Gasteiger charge is 2.49. The van der Waals surface area contributed by atoms with Crippen LogP contribution in [0.2, 0.25) is 4.34 Å². The molecule has 1 N–H and O–H groups in total. The Labute approximate surface area is 177 Å². The van der Waals surface area contributed by atoms with Crippen LogP contribution in [0.3, 0.4) is 0 Å². The topological polar surface area (TPSA) is 73.2 Å². The van der Waals surface area contributed by atoms with E-state index in [9.17, 15) is 14.9 Å². The number of nitrogens with one attached hydrogen (secondary N) is 1. The van der Waals surface area contributed by atoms with Crippen molar-refractivity contribution in [1.82, 2.24) is 10.2 Å². The van der Waals surface area contributed by atoms with Gasteiger partial charge in [-0.25, -0.2) is 4.79 Å². The molecule has 4 rings (SSSR count). The summed E-state index contributed by atoms with van der Waals surface area (Å²) in [5, 5.41) is 12.1. The van der Waals surface area contributed by atoms with Crippen LogP contribution in [0.5, 0.6) is 0 Å². The highest BCUT2D eigenvalue weighted by atomic mass is 35.5. The Hall–Kier alpha value is -3.14. The number of hydrogen-bond acceptors (Lipinski definition) is 4. The lowest BCUT2D eigenvalue weighted by Crippen LogP contribution is -2.40. The quantitative estimate of drug-likeness (QED) is 0.608. The van der Waals surface area contributed by atoms with Gasteiger partial charge in [0.25, 0.3) is 5.91 Å². The molecule has 1 unspecified atom stereocenters. The van der Waals surface area contributed by atoms with Crippen LogP contribution < -0.4 is 5.32 Å². The maximum atomic E-state index is 13.0. The number of rotatable bonds is 4. The Bertz CT molecular complexity index is 1150. The lowest BCUT2D eigenvalue weighted by molar-refractivity contribution is -0.131. The van der Waals surface area contributed by atoms with E-state index in [-0.39, 0.29) is 12.5 Å². The van der Waals surface area contributed by atoms with Crippen LogP contribution in [0.4, 0.5) is 4.79 Å². The number of hydrogen-bond donors (Lipinski definition) is 1. The highest BCUT2D eigenvalue weighted by molar-refractivity contribution is 7.16. The fourth-order valence-electron chi connectivity index (χ4n) is 3.40. The maximum Gasteiger partial charge on any atom is 0.325 e. The van der Waals surface area contributed by atoms with E-state index in [1.165, 1.54) is 16.2 Å². The maximum absolute atomic E-state index is 13.0. The molecule has 29 heavy (non-hydrogen) atoms. The van der Waals surface area contributed by atoms with Gasteiger partial charge in [0.1, 0.15) is 0 Å². The molecule has 1 saturated heterocycles. The second-order valence-corrected chi connectivity index (χ2v) is 8.62. The van der Waals surface area contributed by atoms with Crippen LogP contribution in [0.15, 0.2) is 60.7 Å². The first kappa shape index (κ1) is 19.2. The van der Waals surface area contributed by atoms with Gasteiger partial charge in [-0.1, -0.05) is 54.1 Å². The van der Waals surface area contributed by atoms with Crippen molar-refractivity contribution in [1.29, 1.82) is 5.26 Å². The van der Waals surface area contributed by atoms with Crippen molar-refractivity contribution in [3.05, 3.63) is 81.0 Å². The summed E-state index contributed by atoms with van der Waals surface area (Å²) >= 11 is 7.28. The first-order valence-corrected chi connectivity index (χ1v) is 10.1. The van der Waals surface area contributed by atoms with Crippen LogP contribution >= 0.6 is 22.9 Å². The van der Waals surface area contributed by atoms with Crippen molar-refractivity contribution >= 4 is 34.9 Å². The smallest absolute Gasteiger partial charge is 0.319 e. The highest BCUT2D eigenvalue weighted by Crippen LogP contribution is 2.36. The number of carbonyl (C=O) groups excluding carboxylic acids is 2. The van der Waals surface area contributed by atoms with Gasteiger partial charge in [-0.05, 0) is 41.8 Å². The summed E-state index contributed by atoms with van der Waals surface area (Å²) in [6.07, 6.45) is 0. The van der Waals surface area contributed by atoms with E-state index in [1.807, 2.05) is 42.5 Å². The largest absolute Gasteiger partial charge is 0.325 e. The number of nitriles is 1. The normalized spacial score (nSPS) is 18.6. The number of carbonyl (C=O) groups is 2. The van der Waals surface area contributed by atoms with Gasteiger partial charge in [-0.15, -0.1) is 11.3 Å². The van der Waals surface area contributed by atoms with E-state index >= 15 is 0 Å². The third-order valence-corrected chi connectivity index (χ3v) is 6.45. The summed E-state index contributed by atoms with van der Waals surface area (Å²) < 4.78 is 0.565. The standard InChI is InChI=1S/C22H16ClN3O2S/c1-22(18-10-11-19(23)29-18)20(27)26(21(28)25-22)13-14-6-8-15(9-7-14)17-5-3-2-4-16(17)12-24/h2-11H,13H2,1H3,(H,25,28). The Kier molecular flexibility index (Phi) is 4.87. The zero-order chi connectivity index (χ0) is 20.6. The SMILES string of the molecule is CC1(c2ccc(Cl)s2)NC(=O)N(Cc2ccc(-c3ccccc3C#N)cc2)C1=O. The monoisotopic (exact) mass is 421 g/mol. The van der Waals surface area contributed by atoms with Crippen molar-refractivity contribution < 1.29 is 9.59 Å². The molecular formula is C22H16ClN3O2S. The first-order valence-electron chi connectivity index (χ1n) is 8.91. The Morgan fingerprint density at radius 2 is 1.83 bits per heavy atom. The summed E-state index contributed by atoms with van der Waals surface area (Å²) in [7, 11) is 0. The molecular weight excluding hydrogens is 406 g/mol. The van der Waals surface area contributed by atoms with Crippen molar-refractivity contribution in [2.24, 2.45) is 0 Å². The number of thiophene rings is 1. The molecule has 7 heteroatoms. The minimum Gasteiger partial charge on any atom is -0.319 e. The minimum atomic E-state index is -1.11. The van der Waals surface area contributed by atoms with Crippen molar-refractivity contribution in [2.45, 2.75) is 19.0 Å². The molecule has 0 bridgehead atoms. The fraction of sp³-hybridized carbons (Fsp3) is 0.136. The van der Waals surface area contributed by atoms with Crippen LogP contribution in [-0.4, -0.2) is 16.8 Å². The van der Waals surface area contributed by atoms with Gasteiger partial charge in [0, 0.05) is 4.88 Å². The molecule has 1 fully saturated rings. The molecule has 3 amide bonds. The van der Waals surface area contributed by atoms with Crippen molar-refractivity contribution in [3.8, 4) is 17.2 Å². The molecule has 2 heterocycles. The van der Waals surface area contributed by atoms with Gasteiger partial charge in [-0.2, -0.15) is 5.26 Å². The van der Waals surface area contributed by atoms with Gasteiger partial charge >= 0.3 is 6.03 Å². The molecule has 144 valence electrons. The minimum absolute atomic E-state index is 0.166. The second kappa shape index (κ2) is 7.36. The number of imide groups is 1. The van der Waals surface area contributed by atoms with E-state index in [2.05, 4.69) is 11.4 Å². The number of urea groups is 1. The molecule has 0 spiro atoms. The number of halogens is 1. The third kappa shape index (κ3) is 3.39. The Morgan fingerprint density at radius 3 is 2.48 bits per heavy atom. The van der Waals surface area contributed by atoms with Crippen LogP contribution in [0.1, 0.15) is 22.9 Å². The average Bonchev–Trinajstić information content (AvgIpc) is 3.26. The van der Waals surface area contributed by atoms with E-state index in [1.54, 1.807) is 25.1 Å². The summed E-state index contributed by atoms with van der Waals surface area (Å²) in [6.45, 7) is 1.86. The molecule has 5 nitrogen and oxygen atoms in total. The average molecular weight is 422 g/mol. The van der Waals surface area contributed by atoms with Crippen LogP contribution in [0, 0.1) is 11.3 Å². The van der Waals surface area contributed by atoms with Crippen molar-refractivity contribution in [2.75, 3.05) is 0 Å². The first-order chi connectivity index (χ1) is 13.9. The number of benzene rings is 2. The fourth-order valence-corrected chi connectivity index (χ4v) is 4.53. The summed E-state index contributed by atoms with van der Waals surface area (Å²) in [6, 6.07) is 20.1. The molecule has 1 aliphatic rings. The summed E-state index contributed by atoms with van der Waals surface area (Å²) in [4.78, 5) is 27.4. The van der Waals surface area contributed by atoms with Gasteiger partial charge in [-0.3, -0.25) is 9.69 Å². The zero-order valence-electron chi connectivity index (χ0n) is 15.5. The Morgan fingerprint density at radius 1 is 1.10 bits per heavy atom. The molecule has 0 aliphatic carbocycles. The molecule has 1 aromatic heterocycles. The Balaban J connectivity index is 1.56. The van der Waals surface area contributed by atoms with Gasteiger partial charge in [0.05, 0.1) is 22.5 Å². The molecule has 2 aromatic carbocycles. The second-order valence-electron chi connectivity index (χ2n) is 6.90. The van der Waals surface area contributed by atoms with E-state index in [4.69, 9.17) is 11.6 Å². The van der Waals surface area contributed by atoms with E-state index in [0.29, 0.717) is 14.8 Å². The van der Waals surface area contributed by atoms with E-state index < -0.39 is 11.6 Å². The predicted octanol–water partition coefficient (Wildman–Crippen LogP) is 4.91. The number of amides is 3. The van der Waals surface area contributed by atoms with Gasteiger partial charge in [0.15, 0.2) is 5.54 Å². The van der Waals surface area contributed by atoms with Gasteiger partial charge in [0.2, 0.25) is 0 Å². The summed E-state index contributed by atoms with van der Waals surface area (Å²) in [5.41, 5.74) is 2.06. The predicted molar refractivity (Wildman–Crippen MR) is 112 cm³/mol. The molecule has 1 aliphatic heterocycles. The summed E-state index contributed by atoms with van der Waals surface area (Å²) in [5.74, 6) is -0.306. The zero-order valence-corrected chi connectivity index (χ0v) is 17.1. The molecule has 1 atom stereocenters. The van der Waals surface area contributed by atoms with Gasteiger partial charge < -0.3 is 5.32 Å². The van der Waals surface area contributed by atoms with E-state index in [0.717, 1.165) is 16.7 Å². The van der Waals surface area contributed by atoms with Crippen LogP contribution in [0.25, 0.3) is 11.1 Å². The third-order valence-electron chi connectivity index (χ3n) is 4.99. The lowest BCUT2D eigenvalue weighted by atomic mass is 9.99. The molecule has 3 aromatic rings. The molecule has 0 radical (unpaired) electrons.